The van der Waals surface area contributed by atoms with Crippen LogP contribution in [0.15, 0.2) is 41.3 Å². The molecule has 0 fully saturated rings. The number of carbonyl (C=O) groups excluding carboxylic acids is 1. The molecule has 0 aliphatic heterocycles. The van der Waals surface area contributed by atoms with Gasteiger partial charge in [0.25, 0.3) is 5.91 Å². The highest BCUT2D eigenvalue weighted by atomic mass is 32.2. The lowest BCUT2D eigenvalue weighted by Crippen LogP contribution is -2.28. The lowest BCUT2D eigenvalue weighted by atomic mass is 10.00. The molecule has 8 nitrogen and oxygen atoms in total. The number of phenols is 1. The lowest BCUT2D eigenvalue weighted by molar-refractivity contribution is -0.130. The van der Waals surface area contributed by atoms with Gasteiger partial charge in [-0.25, -0.2) is 13.1 Å². The predicted octanol–water partition coefficient (Wildman–Crippen LogP) is 2.38. The Hall–Kier alpha value is -3.09. The molecule has 0 saturated heterocycles. The number of nitrogens with zero attached hydrogens (tertiary/aromatic N) is 2. The molecule has 2 aromatic carbocycles. The Balaban J connectivity index is 2.17. The number of nitrogens with one attached hydrogen (secondary N) is 1. The number of carbonyl (C=O) groups is 1. The minimum atomic E-state index is -4.02. The first-order valence-electron chi connectivity index (χ1n) is 9.73. The second-order valence-corrected chi connectivity index (χ2v) is 9.28. The molecular weight excluding hydrogens is 418 g/mol. The summed E-state index contributed by atoms with van der Waals surface area (Å²) in [6.07, 6.45) is 0.307. The summed E-state index contributed by atoms with van der Waals surface area (Å²) in [5.41, 5.74) is 1.91. The van der Waals surface area contributed by atoms with Gasteiger partial charge < -0.3 is 14.7 Å². The van der Waals surface area contributed by atoms with Crippen molar-refractivity contribution in [1.82, 2.24) is 9.62 Å². The van der Waals surface area contributed by atoms with Crippen LogP contribution in [0.5, 0.6) is 11.5 Å². The summed E-state index contributed by atoms with van der Waals surface area (Å²) in [4.78, 5) is 13.0. The SMILES string of the molecule is CC(C)c1ccc(CCNS(=O)(=O)c2cc(C#N)ccc2O)c(OCC(=O)N(C)C)c1. The molecular formula is C22H27N3O5S. The number of nitriles is 1. The van der Waals surface area contributed by atoms with E-state index in [2.05, 4.69) is 4.72 Å². The molecule has 1 amide bonds. The summed E-state index contributed by atoms with van der Waals surface area (Å²) < 4.78 is 33.3. The number of rotatable bonds is 9. The Labute approximate surface area is 183 Å². The van der Waals surface area contributed by atoms with Crippen molar-refractivity contribution in [3.8, 4) is 17.6 Å². The third-order valence-electron chi connectivity index (χ3n) is 4.67. The molecule has 0 atom stereocenters. The van der Waals surface area contributed by atoms with Crippen molar-refractivity contribution in [3.63, 3.8) is 0 Å². The van der Waals surface area contributed by atoms with Crippen molar-refractivity contribution >= 4 is 15.9 Å². The van der Waals surface area contributed by atoms with E-state index in [1.807, 2.05) is 38.1 Å². The summed E-state index contributed by atoms with van der Waals surface area (Å²) in [5.74, 6) is 0.165. The number of benzene rings is 2. The van der Waals surface area contributed by atoms with Crippen LogP contribution in [0, 0.1) is 11.3 Å². The van der Waals surface area contributed by atoms with Crippen LogP contribution in [0.1, 0.15) is 36.5 Å². The zero-order valence-electron chi connectivity index (χ0n) is 18.0. The number of amides is 1. The van der Waals surface area contributed by atoms with E-state index in [1.165, 1.54) is 17.0 Å². The zero-order chi connectivity index (χ0) is 23.2. The fraction of sp³-hybridized carbons (Fsp3) is 0.364. The predicted molar refractivity (Wildman–Crippen MR) is 116 cm³/mol. The number of aromatic hydroxyl groups is 1. The molecule has 0 heterocycles. The van der Waals surface area contributed by atoms with E-state index in [0.717, 1.165) is 17.2 Å². The monoisotopic (exact) mass is 445 g/mol. The van der Waals surface area contributed by atoms with Gasteiger partial charge in [-0.15, -0.1) is 0 Å². The van der Waals surface area contributed by atoms with Gasteiger partial charge in [0, 0.05) is 20.6 Å². The van der Waals surface area contributed by atoms with Gasteiger partial charge >= 0.3 is 0 Å². The maximum Gasteiger partial charge on any atom is 0.259 e. The van der Waals surface area contributed by atoms with Gasteiger partial charge in [-0.1, -0.05) is 26.0 Å². The number of phenolic OH excluding ortho intramolecular Hbond substituents is 1. The highest BCUT2D eigenvalue weighted by Gasteiger charge is 2.19. The van der Waals surface area contributed by atoms with E-state index in [4.69, 9.17) is 10.00 Å². The largest absolute Gasteiger partial charge is 0.507 e. The molecule has 166 valence electrons. The molecule has 0 aliphatic carbocycles. The Morgan fingerprint density at radius 3 is 2.55 bits per heavy atom. The van der Waals surface area contributed by atoms with Crippen LogP contribution in [0.25, 0.3) is 0 Å². The Morgan fingerprint density at radius 2 is 1.94 bits per heavy atom. The molecule has 9 heteroatoms. The quantitative estimate of drug-likeness (QED) is 0.612. The fourth-order valence-corrected chi connectivity index (χ4v) is 3.89. The van der Waals surface area contributed by atoms with Gasteiger partial charge in [-0.3, -0.25) is 4.79 Å². The van der Waals surface area contributed by atoms with Crippen molar-refractivity contribution in [2.75, 3.05) is 27.2 Å². The van der Waals surface area contributed by atoms with Crippen molar-refractivity contribution in [2.24, 2.45) is 0 Å². The second kappa shape index (κ2) is 10.3. The van der Waals surface area contributed by atoms with Crippen LogP contribution < -0.4 is 9.46 Å². The van der Waals surface area contributed by atoms with E-state index >= 15 is 0 Å². The van der Waals surface area contributed by atoms with E-state index in [1.54, 1.807) is 14.1 Å². The second-order valence-electron chi connectivity index (χ2n) is 7.54. The Kier molecular flexibility index (Phi) is 8.02. The average molecular weight is 446 g/mol. The number of sulfonamides is 1. The number of hydrogen-bond acceptors (Lipinski definition) is 6. The van der Waals surface area contributed by atoms with E-state index in [0.29, 0.717) is 12.2 Å². The van der Waals surface area contributed by atoms with Gasteiger partial charge in [0.1, 0.15) is 16.4 Å². The first kappa shape index (κ1) is 24.2. The highest BCUT2D eigenvalue weighted by molar-refractivity contribution is 7.89. The van der Waals surface area contributed by atoms with Crippen LogP contribution in [-0.4, -0.2) is 51.6 Å². The summed E-state index contributed by atoms with van der Waals surface area (Å²) >= 11 is 0. The molecule has 0 aromatic heterocycles. The number of hydrogen-bond donors (Lipinski definition) is 2. The van der Waals surface area contributed by atoms with Crippen molar-refractivity contribution in [1.29, 1.82) is 5.26 Å². The smallest absolute Gasteiger partial charge is 0.259 e. The number of ether oxygens (including phenoxy) is 1. The van der Waals surface area contributed by atoms with E-state index in [9.17, 15) is 18.3 Å². The average Bonchev–Trinajstić information content (AvgIpc) is 2.72. The van der Waals surface area contributed by atoms with Crippen LogP contribution >= 0.6 is 0 Å². The molecule has 0 aliphatic rings. The summed E-state index contributed by atoms with van der Waals surface area (Å²) in [5, 5.41) is 18.9. The maximum absolute atomic E-state index is 12.6. The minimum Gasteiger partial charge on any atom is -0.507 e. The van der Waals surface area contributed by atoms with Crippen molar-refractivity contribution < 1.29 is 23.1 Å². The van der Waals surface area contributed by atoms with Gasteiger partial charge in [-0.2, -0.15) is 5.26 Å². The first-order valence-corrected chi connectivity index (χ1v) is 11.2. The molecule has 0 bridgehead atoms. The maximum atomic E-state index is 12.6. The molecule has 0 radical (unpaired) electrons. The lowest BCUT2D eigenvalue weighted by Gasteiger charge is -2.16. The summed E-state index contributed by atoms with van der Waals surface area (Å²) in [6, 6.07) is 11.1. The topological polar surface area (TPSA) is 120 Å². The fourth-order valence-electron chi connectivity index (χ4n) is 2.74. The van der Waals surface area contributed by atoms with Crippen LogP contribution in [0.4, 0.5) is 0 Å². The highest BCUT2D eigenvalue weighted by Crippen LogP contribution is 2.26. The third kappa shape index (κ3) is 6.44. The van der Waals surface area contributed by atoms with Crippen LogP contribution in [-0.2, 0) is 21.2 Å². The van der Waals surface area contributed by atoms with Gasteiger partial charge in [0.2, 0.25) is 10.0 Å². The molecule has 2 rings (SSSR count). The van der Waals surface area contributed by atoms with Crippen molar-refractivity contribution in [2.45, 2.75) is 31.1 Å². The standard InChI is InChI=1S/C22H27N3O5S/c1-15(2)18-7-6-17(20(12-18)30-14-22(27)25(3)4)9-10-24-31(28,29)21-11-16(13-23)5-8-19(21)26/h5-8,11-12,15,24,26H,9-10,14H2,1-4H3. The summed E-state index contributed by atoms with van der Waals surface area (Å²) in [7, 11) is -0.735. The van der Waals surface area contributed by atoms with Gasteiger partial charge in [-0.05, 0) is 47.7 Å². The van der Waals surface area contributed by atoms with Gasteiger partial charge in [0.05, 0.1) is 11.6 Å². The van der Waals surface area contributed by atoms with E-state index in [-0.39, 0.29) is 35.4 Å². The van der Waals surface area contributed by atoms with Crippen molar-refractivity contribution in [3.05, 3.63) is 53.1 Å². The minimum absolute atomic E-state index is 0.0393. The van der Waals surface area contributed by atoms with Crippen LogP contribution in [0.3, 0.4) is 0 Å². The number of likely N-dealkylation sites (N-methyl/N-ethyl adjacent to an activating group) is 1. The van der Waals surface area contributed by atoms with E-state index < -0.39 is 15.8 Å². The molecule has 0 unspecified atom stereocenters. The summed E-state index contributed by atoms with van der Waals surface area (Å²) in [6.45, 7) is 4.00. The Morgan fingerprint density at radius 1 is 1.23 bits per heavy atom. The van der Waals surface area contributed by atoms with Crippen LogP contribution in [0.2, 0.25) is 0 Å². The van der Waals surface area contributed by atoms with Gasteiger partial charge in [0.15, 0.2) is 6.61 Å². The molecule has 2 N–H and O–H groups in total. The first-order chi connectivity index (χ1) is 14.5. The molecule has 0 spiro atoms. The molecule has 31 heavy (non-hydrogen) atoms. The zero-order valence-corrected chi connectivity index (χ0v) is 18.9. The normalized spacial score (nSPS) is 11.2. The Bertz CT molecular complexity index is 1090. The third-order valence-corrected chi connectivity index (χ3v) is 6.16. The molecule has 2 aromatic rings. The molecule has 0 saturated carbocycles.